The van der Waals surface area contributed by atoms with Crippen molar-refractivity contribution in [1.82, 2.24) is 5.32 Å². The molecule has 11 heteroatoms. The van der Waals surface area contributed by atoms with Gasteiger partial charge in [0.1, 0.15) is 5.75 Å². The molecule has 2 fully saturated rings. The summed E-state index contributed by atoms with van der Waals surface area (Å²) in [5.41, 5.74) is 7.61. The van der Waals surface area contributed by atoms with E-state index in [1.165, 1.54) is 0 Å². The van der Waals surface area contributed by atoms with Gasteiger partial charge >= 0.3 is 0 Å². The minimum Gasteiger partial charge on any atom is -0.508 e. The van der Waals surface area contributed by atoms with Crippen LogP contribution in [-0.4, -0.2) is 70.6 Å². The normalized spacial score (nSPS) is 24.7. The number of aliphatic hydroxyl groups is 3. The predicted octanol–water partition coefficient (Wildman–Crippen LogP) is 7.04. The quantitative estimate of drug-likeness (QED) is 0.0269. The van der Waals surface area contributed by atoms with Crippen molar-refractivity contribution in [2.75, 3.05) is 25.5 Å². The second-order valence-electron chi connectivity index (χ2n) is 15.3. The number of phenolic OH excluding ortho intramolecular Hbond substituents is 1. The molecule has 2 aromatic heterocycles. The van der Waals surface area contributed by atoms with E-state index in [9.17, 15) is 25.2 Å². The third-order valence-corrected chi connectivity index (χ3v) is 13.7. The highest BCUT2D eigenvalue weighted by molar-refractivity contribution is 7.23. The van der Waals surface area contributed by atoms with Gasteiger partial charge in [-0.25, -0.2) is 0 Å². The first-order valence-electron chi connectivity index (χ1n) is 19.2. The van der Waals surface area contributed by atoms with Crippen LogP contribution in [0.2, 0.25) is 0 Å². The number of Topliss-reactive ketones (excluding diaryl/α,β-unsaturated/α-hetero) is 1. The van der Waals surface area contributed by atoms with Crippen LogP contribution in [0.15, 0.2) is 47.5 Å². The highest BCUT2D eigenvalue weighted by Gasteiger charge is 2.56. The highest BCUT2D eigenvalue weighted by Crippen LogP contribution is 2.61. The fourth-order valence-electron chi connectivity index (χ4n) is 9.05. The number of anilines is 1. The van der Waals surface area contributed by atoms with Crippen LogP contribution in [0.25, 0.3) is 9.75 Å². The Morgan fingerprint density at radius 3 is 2.57 bits per heavy atom. The molecule has 8 N–H and O–H groups in total. The number of aliphatic hydroxyl groups excluding tert-OH is 3. The number of aliphatic imine (C=N–C) groups is 1. The Hall–Kier alpha value is -3.40. The van der Waals surface area contributed by atoms with Crippen molar-refractivity contribution in [3.8, 4) is 27.3 Å². The summed E-state index contributed by atoms with van der Waals surface area (Å²) in [5.74, 6) is 6.78. The predicted molar refractivity (Wildman–Crippen MR) is 218 cm³/mol. The fraction of sp³-hybridized carbons (Fsp3) is 0.571. The van der Waals surface area contributed by atoms with E-state index in [1.807, 2.05) is 25.1 Å². The number of ketones is 1. The Balaban J connectivity index is 1.48. The SMILES string of the molecule is CC#Cc1ccc(-c2ccc(C(=O)C3CCC(C(Cc4cc(O)cc(NCC(C)O)c4)NC(N)=NC)CC34CC(CCCCC)C(C(O)CO)C4)s2)s1. The van der Waals surface area contributed by atoms with E-state index in [1.54, 1.807) is 48.8 Å². The molecular formula is C42H58N4O5S2. The van der Waals surface area contributed by atoms with E-state index in [0.29, 0.717) is 31.8 Å². The molecule has 2 heterocycles. The lowest BCUT2D eigenvalue weighted by Crippen LogP contribution is -2.50. The number of hydrogen-bond donors (Lipinski definition) is 7. The van der Waals surface area contributed by atoms with Crippen molar-refractivity contribution in [1.29, 1.82) is 0 Å². The van der Waals surface area contributed by atoms with Gasteiger partial charge in [-0.15, -0.1) is 28.6 Å². The lowest BCUT2D eigenvalue weighted by molar-refractivity contribution is 0.0149. The van der Waals surface area contributed by atoms with Crippen molar-refractivity contribution in [3.05, 3.63) is 57.8 Å². The molecule has 288 valence electrons. The summed E-state index contributed by atoms with van der Waals surface area (Å²) in [5, 5.41) is 48.6. The standard InChI is InChI=1S/C42H58N4O5S2/c1-5-7-8-10-28-21-42(23-33(28)36(50)25-47)22-29(35(46-41(43)44-4)19-27-17-30(20-31(49)18-27)45-24-26(3)48)11-13-34(42)40(51)39-16-15-38(53-39)37-14-12-32(52-37)9-6-2/h12,14-18,20,26,28-29,33-36,45,47-50H,5,7-8,10-11,13,19,21-25H2,1-4H3,(H3,43,44,46). The van der Waals surface area contributed by atoms with Crippen LogP contribution in [0.1, 0.15) is 98.7 Å². The summed E-state index contributed by atoms with van der Waals surface area (Å²) in [4.78, 5) is 22.9. The van der Waals surface area contributed by atoms with Crippen molar-refractivity contribution in [2.45, 2.75) is 103 Å². The number of hydrogen-bond acceptors (Lipinski definition) is 9. The van der Waals surface area contributed by atoms with Gasteiger partial charge in [0.2, 0.25) is 0 Å². The van der Waals surface area contributed by atoms with Crippen LogP contribution >= 0.6 is 22.7 Å². The first kappa shape index (κ1) is 40.8. The number of nitrogens with zero attached hydrogens (tertiary/aromatic N) is 1. The minimum absolute atomic E-state index is 0.0867. The van der Waals surface area contributed by atoms with Gasteiger partial charge in [-0.1, -0.05) is 38.5 Å². The number of nitrogens with one attached hydrogen (secondary N) is 2. The third kappa shape index (κ3) is 10.2. The molecule has 2 saturated carbocycles. The Labute approximate surface area is 323 Å². The Morgan fingerprint density at radius 1 is 1.08 bits per heavy atom. The summed E-state index contributed by atoms with van der Waals surface area (Å²) >= 11 is 3.19. The lowest BCUT2D eigenvalue weighted by atomic mass is 9.58. The van der Waals surface area contributed by atoms with Crippen LogP contribution < -0.4 is 16.4 Å². The Kier molecular flexibility index (Phi) is 14.4. The van der Waals surface area contributed by atoms with Gasteiger partial charge in [-0.05, 0) is 118 Å². The number of carbonyl (C=O) groups is 1. The number of rotatable bonds is 16. The molecule has 8 atom stereocenters. The summed E-state index contributed by atoms with van der Waals surface area (Å²) in [7, 11) is 1.66. The Morgan fingerprint density at radius 2 is 1.85 bits per heavy atom. The van der Waals surface area contributed by atoms with E-state index in [2.05, 4.69) is 46.5 Å². The number of phenols is 1. The first-order valence-corrected chi connectivity index (χ1v) is 20.8. The molecule has 2 aliphatic rings. The van der Waals surface area contributed by atoms with Crippen LogP contribution in [-0.2, 0) is 6.42 Å². The molecule has 8 unspecified atom stereocenters. The van der Waals surface area contributed by atoms with Crippen LogP contribution in [0.3, 0.4) is 0 Å². The molecule has 2 aliphatic carbocycles. The average Bonchev–Trinajstić information content (AvgIpc) is 3.90. The third-order valence-electron chi connectivity index (χ3n) is 11.5. The molecule has 53 heavy (non-hydrogen) atoms. The van der Waals surface area contributed by atoms with E-state index in [4.69, 9.17) is 5.73 Å². The maximum atomic E-state index is 14.8. The molecule has 0 radical (unpaired) electrons. The zero-order valence-corrected chi connectivity index (χ0v) is 33.2. The zero-order valence-electron chi connectivity index (χ0n) is 31.6. The van der Waals surface area contributed by atoms with Gasteiger partial charge < -0.3 is 36.8 Å². The molecule has 5 rings (SSSR count). The van der Waals surface area contributed by atoms with Gasteiger partial charge in [-0.2, -0.15) is 0 Å². The lowest BCUT2D eigenvalue weighted by Gasteiger charge is -2.47. The summed E-state index contributed by atoms with van der Waals surface area (Å²) in [6, 6.07) is 13.4. The minimum atomic E-state index is -0.832. The second-order valence-corrected chi connectivity index (χ2v) is 17.5. The van der Waals surface area contributed by atoms with Crippen LogP contribution in [0.4, 0.5) is 5.69 Å². The monoisotopic (exact) mass is 762 g/mol. The number of benzene rings is 1. The van der Waals surface area contributed by atoms with Crippen molar-refractivity contribution in [3.63, 3.8) is 0 Å². The number of unbranched alkanes of at least 4 members (excludes halogenated alkanes) is 2. The molecule has 0 aliphatic heterocycles. The average molecular weight is 763 g/mol. The van der Waals surface area contributed by atoms with Crippen molar-refractivity contribution >= 4 is 40.1 Å². The van der Waals surface area contributed by atoms with E-state index >= 15 is 0 Å². The fourth-order valence-corrected chi connectivity index (χ4v) is 11.0. The number of guanidine groups is 1. The number of carbonyl (C=O) groups excluding carboxylic acids is 1. The largest absolute Gasteiger partial charge is 0.508 e. The van der Waals surface area contributed by atoms with Gasteiger partial charge in [0.25, 0.3) is 0 Å². The Bertz CT molecular complexity index is 1760. The summed E-state index contributed by atoms with van der Waals surface area (Å²) in [6.07, 6.45) is 7.23. The number of thiophene rings is 2. The van der Waals surface area contributed by atoms with Gasteiger partial charge in [0, 0.05) is 47.1 Å². The molecule has 0 amide bonds. The number of nitrogens with two attached hydrogens (primary N) is 1. The van der Waals surface area contributed by atoms with Crippen LogP contribution in [0, 0.1) is 40.9 Å². The molecule has 0 bridgehead atoms. The van der Waals surface area contributed by atoms with Crippen molar-refractivity contribution in [2.24, 2.45) is 39.8 Å². The molecule has 0 saturated heterocycles. The summed E-state index contributed by atoms with van der Waals surface area (Å²) in [6.45, 7) is 5.80. The topological polar surface area (TPSA) is 160 Å². The maximum Gasteiger partial charge on any atom is 0.188 e. The van der Waals surface area contributed by atoms with Crippen molar-refractivity contribution < 1.29 is 25.2 Å². The first-order chi connectivity index (χ1) is 25.5. The highest BCUT2D eigenvalue weighted by atomic mass is 32.1. The zero-order chi connectivity index (χ0) is 38.1. The van der Waals surface area contributed by atoms with Crippen LogP contribution in [0.5, 0.6) is 5.75 Å². The van der Waals surface area contributed by atoms with E-state index < -0.39 is 12.2 Å². The molecular weight excluding hydrogens is 705 g/mol. The maximum absolute atomic E-state index is 14.8. The van der Waals surface area contributed by atoms with E-state index in [-0.39, 0.29) is 53.3 Å². The molecule has 3 aromatic rings. The molecule has 1 aromatic carbocycles. The van der Waals surface area contributed by atoms with E-state index in [0.717, 1.165) is 75.7 Å². The number of aromatic hydroxyl groups is 1. The molecule has 1 spiro atoms. The molecule has 9 nitrogen and oxygen atoms in total. The van der Waals surface area contributed by atoms with Gasteiger partial charge in [-0.3, -0.25) is 9.79 Å². The second kappa shape index (κ2) is 18.8. The summed E-state index contributed by atoms with van der Waals surface area (Å²) < 4.78 is 0. The van der Waals surface area contributed by atoms with Gasteiger partial charge in [0.05, 0.1) is 28.6 Å². The van der Waals surface area contributed by atoms with Gasteiger partial charge in [0.15, 0.2) is 11.7 Å². The smallest absolute Gasteiger partial charge is 0.188 e.